The van der Waals surface area contributed by atoms with Crippen LogP contribution in [-0.2, 0) is 22.4 Å². The van der Waals surface area contributed by atoms with Gasteiger partial charge in [-0.05, 0) is 116 Å². The van der Waals surface area contributed by atoms with Crippen LogP contribution in [0.1, 0.15) is 126 Å². The average molecular weight is 557 g/mol. The van der Waals surface area contributed by atoms with E-state index in [1.165, 1.54) is 29.5 Å². The van der Waals surface area contributed by atoms with E-state index >= 15 is 0 Å². The first-order chi connectivity index (χ1) is 19.6. The summed E-state index contributed by atoms with van der Waals surface area (Å²) in [5, 5.41) is 9.01. The highest BCUT2D eigenvalue weighted by Gasteiger charge is 2.31. The molecule has 3 aromatic rings. The maximum absolute atomic E-state index is 12.3. The summed E-state index contributed by atoms with van der Waals surface area (Å²) >= 11 is 0. The van der Waals surface area contributed by atoms with Crippen LogP contribution in [0.25, 0.3) is 0 Å². The summed E-state index contributed by atoms with van der Waals surface area (Å²) in [7, 11) is 0. The molecule has 0 radical (unpaired) electrons. The van der Waals surface area contributed by atoms with Crippen LogP contribution >= 0.6 is 0 Å². The van der Waals surface area contributed by atoms with Gasteiger partial charge < -0.3 is 9.84 Å². The number of phenolic OH excluding ortho intramolecular Hbond substituents is 1. The van der Waals surface area contributed by atoms with Gasteiger partial charge in [-0.3, -0.25) is 4.79 Å². The zero-order valence-electron chi connectivity index (χ0n) is 26.5. The Kier molecular flexibility index (Phi) is 12.1. The van der Waals surface area contributed by atoms with Crippen LogP contribution < -0.4 is 0 Å². The van der Waals surface area contributed by atoms with Gasteiger partial charge in [0, 0.05) is 0 Å². The van der Waals surface area contributed by atoms with Gasteiger partial charge in [0.1, 0.15) is 11.9 Å². The standard InChI is InChI=1S/C17H24O2.C11H14.C10H14O/c1-4-17(2,3)16(18)19-15-12-8-6-10-13-9-5-7-11-14(13)15;1-8-7-10-5-3-4-6-11(10)9(8)2;1-3-8(2)9-4-6-10(11)7-5-9/h5,7,9,11,15H,4,6,8,10,12H2,1-3H3;3-6,8-9H,7H2,1-2H3;4-8,11H,3H2,1-2H3. The lowest BCUT2D eigenvalue weighted by Crippen LogP contribution is -2.27. The molecule has 222 valence electrons. The summed E-state index contributed by atoms with van der Waals surface area (Å²) in [4.78, 5) is 12.3. The third kappa shape index (κ3) is 8.96. The lowest BCUT2D eigenvalue weighted by molar-refractivity contribution is -0.160. The quantitative estimate of drug-likeness (QED) is 0.251. The fourth-order valence-corrected chi connectivity index (χ4v) is 5.47. The minimum atomic E-state index is -0.388. The smallest absolute Gasteiger partial charge is 0.312 e. The van der Waals surface area contributed by atoms with Crippen LogP contribution in [0.5, 0.6) is 5.75 Å². The van der Waals surface area contributed by atoms with E-state index in [4.69, 9.17) is 9.84 Å². The molecule has 0 bridgehead atoms. The number of fused-ring (bicyclic) bond motifs is 2. The third-order valence-corrected chi connectivity index (χ3v) is 9.27. The molecule has 0 aromatic heterocycles. The lowest BCUT2D eigenvalue weighted by atomic mass is 9.90. The van der Waals surface area contributed by atoms with Crippen molar-refractivity contribution in [2.75, 3.05) is 0 Å². The second kappa shape index (κ2) is 15.2. The minimum absolute atomic E-state index is 0.0583. The van der Waals surface area contributed by atoms with Crippen molar-refractivity contribution in [1.29, 1.82) is 0 Å². The topological polar surface area (TPSA) is 46.5 Å². The number of esters is 1. The number of phenols is 1. The number of ether oxygens (including phenoxy) is 1. The van der Waals surface area contributed by atoms with Gasteiger partial charge in [0.25, 0.3) is 0 Å². The van der Waals surface area contributed by atoms with Crippen molar-refractivity contribution in [2.45, 2.75) is 111 Å². The van der Waals surface area contributed by atoms with Crippen molar-refractivity contribution >= 4 is 5.97 Å². The minimum Gasteiger partial charge on any atom is -0.508 e. The maximum atomic E-state index is 12.3. The van der Waals surface area contributed by atoms with Gasteiger partial charge in [-0.25, -0.2) is 0 Å². The number of carbonyl (C=O) groups excluding carboxylic acids is 1. The molecule has 3 aromatic carbocycles. The average Bonchev–Trinajstić information content (AvgIpc) is 3.14. The van der Waals surface area contributed by atoms with E-state index < -0.39 is 0 Å². The van der Waals surface area contributed by atoms with E-state index in [9.17, 15) is 4.79 Å². The van der Waals surface area contributed by atoms with Gasteiger partial charge in [-0.2, -0.15) is 0 Å². The SMILES string of the molecule is CC1Cc2ccccc2C1C.CCC(C)(C)C(=O)OC1CCCCc2ccccc21.CCC(C)c1ccc(O)cc1. The molecule has 41 heavy (non-hydrogen) atoms. The summed E-state index contributed by atoms with van der Waals surface area (Å²) in [6.45, 7) is 15.0. The third-order valence-electron chi connectivity index (χ3n) is 9.27. The van der Waals surface area contributed by atoms with Crippen LogP contribution in [0.3, 0.4) is 0 Å². The van der Waals surface area contributed by atoms with Crippen molar-refractivity contribution < 1.29 is 14.6 Å². The number of aromatic hydroxyl groups is 1. The van der Waals surface area contributed by atoms with Crippen LogP contribution in [-0.4, -0.2) is 11.1 Å². The lowest BCUT2D eigenvalue weighted by Gasteiger charge is -2.25. The zero-order chi connectivity index (χ0) is 30.0. The number of benzene rings is 3. The Labute approximate surface area is 249 Å². The molecular weight excluding hydrogens is 504 g/mol. The molecule has 0 saturated carbocycles. The summed E-state index contributed by atoms with van der Waals surface area (Å²) in [6, 6.07) is 24.6. The summed E-state index contributed by atoms with van der Waals surface area (Å²) in [5.74, 6) is 2.47. The molecule has 0 heterocycles. The number of rotatable bonds is 5. The Bertz CT molecular complexity index is 1230. The Morgan fingerprint density at radius 2 is 1.51 bits per heavy atom. The molecule has 0 spiro atoms. The molecule has 3 heteroatoms. The fraction of sp³-hybridized carbons (Fsp3) is 0.500. The van der Waals surface area contributed by atoms with Crippen LogP contribution in [0, 0.1) is 11.3 Å². The molecule has 3 nitrogen and oxygen atoms in total. The maximum Gasteiger partial charge on any atom is 0.312 e. The number of hydrogen-bond acceptors (Lipinski definition) is 3. The molecule has 0 amide bonds. The Morgan fingerprint density at radius 3 is 2.12 bits per heavy atom. The monoisotopic (exact) mass is 556 g/mol. The highest BCUT2D eigenvalue weighted by Crippen LogP contribution is 2.37. The molecule has 0 fully saturated rings. The van der Waals surface area contributed by atoms with E-state index in [0.29, 0.717) is 11.7 Å². The van der Waals surface area contributed by atoms with Gasteiger partial charge >= 0.3 is 5.97 Å². The molecule has 1 N–H and O–H groups in total. The molecule has 4 unspecified atom stereocenters. The molecule has 5 rings (SSSR count). The van der Waals surface area contributed by atoms with Gasteiger partial charge in [0.2, 0.25) is 0 Å². The Balaban J connectivity index is 0.000000180. The summed E-state index contributed by atoms with van der Waals surface area (Å²) in [6.07, 6.45) is 7.52. The van der Waals surface area contributed by atoms with Crippen LogP contribution in [0.2, 0.25) is 0 Å². The Morgan fingerprint density at radius 1 is 0.902 bits per heavy atom. The number of hydrogen-bond donors (Lipinski definition) is 1. The Hall–Kier alpha value is -3.07. The van der Waals surface area contributed by atoms with E-state index in [2.05, 4.69) is 70.2 Å². The van der Waals surface area contributed by atoms with E-state index in [1.807, 2.05) is 39.0 Å². The highest BCUT2D eigenvalue weighted by molar-refractivity contribution is 5.76. The van der Waals surface area contributed by atoms with Crippen molar-refractivity contribution in [3.05, 3.63) is 101 Å². The second-order valence-corrected chi connectivity index (χ2v) is 12.6. The van der Waals surface area contributed by atoms with Crippen molar-refractivity contribution in [2.24, 2.45) is 11.3 Å². The first-order valence-corrected chi connectivity index (χ1v) is 15.7. The number of carbonyl (C=O) groups is 1. The van der Waals surface area contributed by atoms with E-state index in [-0.39, 0.29) is 17.5 Å². The molecular formula is C38H52O3. The molecule has 2 aliphatic rings. The van der Waals surface area contributed by atoms with E-state index in [0.717, 1.165) is 43.9 Å². The molecule has 2 aliphatic carbocycles. The van der Waals surface area contributed by atoms with Crippen LogP contribution in [0.15, 0.2) is 72.8 Å². The predicted molar refractivity (Wildman–Crippen MR) is 171 cm³/mol. The fourth-order valence-electron chi connectivity index (χ4n) is 5.47. The van der Waals surface area contributed by atoms with Gasteiger partial charge in [0.05, 0.1) is 5.41 Å². The first-order valence-electron chi connectivity index (χ1n) is 15.7. The van der Waals surface area contributed by atoms with Crippen LogP contribution in [0.4, 0.5) is 0 Å². The highest BCUT2D eigenvalue weighted by atomic mass is 16.5. The second-order valence-electron chi connectivity index (χ2n) is 12.6. The molecule has 0 aliphatic heterocycles. The summed E-state index contributed by atoms with van der Waals surface area (Å²) < 4.78 is 5.81. The zero-order valence-corrected chi connectivity index (χ0v) is 26.5. The summed E-state index contributed by atoms with van der Waals surface area (Å²) in [5.41, 5.74) is 6.59. The van der Waals surface area contributed by atoms with Crippen molar-refractivity contribution in [3.63, 3.8) is 0 Å². The predicted octanol–water partition coefficient (Wildman–Crippen LogP) is 10.3. The first kappa shape index (κ1) is 32.4. The number of aryl methyl sites for hydroxylation is 1. The van der Waals surface area contributed by atoms with E-state index in [1.54, 1.807) is 23.3 Å². The molecule has 0 saturated heterocycles. The molecule has 4 atom stereocenters. The van der Waals surface area contributed by atoms with Crippen molar-refractivity contribution in [3.8, 4) is 5.75 Å². The van der Waals surface area contributed by atoms with Gasteiger partial charge in [0.15, 0.2) is 0 Å². The van der Waals surface area contributed by atoms with Crippen molar-refractivity contribution in [1.82, 2.24) is 0 Å². The normalized spacial score (nSPS) is 20.1. The largest absolute Gasteiger partial charge is 0.508 e. The van der Waals surface area contributed by atoms with Gasteiger partial charge in [-0.1, -0.05) is 95.3 Å². The van der Waals surface area contributed by atoms with Gasteiger partial charge in [-0.15, -0.1) is 0 Å².